The van der Waals surface area contributed by atoms with Crippen molar-refractivity contribution in [1.29, 1.82) is 0 Å². The molecule has 1 aromatic carbocycles. The first kappa shape index (κ1) is 18.9. The first-order valence-corrected chi connectivity index (χ1v) is 10.6. The molecular weight excluding hydrogens is 370 g/mol. The second kappa shape index (κ2) is 7.87. The fraction of sp³-hybridized carbons (Fsp3) is 0.409. The average Bonchev–Trinajstić information content (AvgIpc) is 2.85. The molecule has 0 saturated heterocycles. The highest BCUT2D eigenvalue weighted by atomic mass is 32.1. The Morgan fingerprint density at radius 3 is 2.64 bits per heavy atom. The standard InChI is InChI=1S/C22H25N3O2S/c1-13-9-14(2)20(15(3)10-13)25-18(26)11-27-21-19-16-7-5-4-6-8-17(16)28-22(19)24-12-23-21/h9-10,12H,4-8,11H2,1-3H3,(H,25,26). The molecule has 4 rings (SSSR count). The Hall–Kier alpha value is -2.47. The first-order chi connectivity index (χ1) is 13.5. The van der Waals surface area contributed by atoms with Gasteiger partial charge in [0.2, 0.25) is 5.88 Å². The highest BCUT2D eigenvalue weighted by Crippen LogP contribution is 2.38. The van der Waals surface area contributed by atoms with Crippen molar-refractivity contribution < 1.29 is 9.53 Å². The number of benzene rings is 1. The molecule has 0 fully saturated rings. The van der Waals surface area contributed by atoms with Crippen LogP contribution in [0.15, 0.2) is 18.5 Å². The normalized spacial score (nSPS) is 13.8. The van der Waals surface area contributed by atoms with Crippen LogP contribution in [-0.2, 0) is 17.6 Å². The smallest absolute Gasteiger partial charge is 0.262 e. The van der Waals surface area contributed by atoms with Gasteiger partial charge in [-0.15, -0.1) is 11.3 Å². The number of ether oxygens (including phenoxy) is 1. The van der Waals surface area contributed by atoms with Crippen molar-refractivity contribution in [3.05, 3.63) is 45.6 Å². The molecule has 28 heavy (non-hydrogen) atoms. The van der Waals surface area contributed by atoms with E-state index in [2.05, 4.69) is 34.3 Å². The molecule has 5 nitrogen and oxygen atoms in total. The monoisotopic (exact) mass is 395 g/mol. The third-order valence-corrected chi connectivity index (χ3v) is 6.45. The van der Waals surface area contributed by atoms with E-state index in [4.69, 9.17) is 4.74 Å². The maximum atomic E-state index is 12.5. The number of anilines is 1. The van der Waals surface area contributed by atoms with Gasteiger partial charge in [0.05, 0.1) is 5.39 Å². The Morgan fingerprint density at radius 1 is 1.11 bits per heavy atom. The number of hydrogen-bond acceptors (Lipinski definition) is 5. The van der Waals surface area contributed by atoms with Crippen LogP contribution in [0, 0.1) is 20.8 Å². The van der Waals surface area contributed by atoms with Crippen LogP contribution in [0.3, 0.4) is 0 Å². The number of aromatic nitrogens is 2. The second-order valence-corrected chi connectivity index (χ2v) is 8.62. The van der Waals surface area contributed by atoms with Crippen LogP contribution in [0.5, 0.6) is 5.88 Å². The number of carbonyl (C=O) groups excluding carboxylic acids is 1. The van der Waals surface area contributed by atoms with Gasteiger partial charge in [0.25, 0.3) is 5.91 Å². The number of rotatable bonds is 4. The largest absolute Gasteiger partial charge is 0.467 e. The Balaban J connectivity index is 1.53. The SMILES string of the molecule is Cc1cc(C)c(NC(=O)COc2ncnc3sc4c(c23)CCCCC4)c(C)c1. The molecule has 3 aromatic rings. The van der Waals surface area contributed by atoms with Gasteiger partial charge in [0, 0.05) is 10.6 Å². The summed E-state index contributed by atoms with van der Waals surface area (Å²) in [6, 6.07) is 4.14. The molecule has 0 unspecified atom stereocenters. The minimum Gasteiger partial charge on any atom is -0.467 e. The van der Waals surface area contributed by atoms with Crippen LogP contribution >= 0.6 is 11.3 Å². The van der Waals surface area contributed by atoms with Gasteiger partial charge in [-0.05, 0) is 63.1 Å². The minimum atomic E-state index is -0.178. The van der Waals surface area contributed by atoms with Crippen LogP contribution in [-0.4, -0.2) is 22.5 Å². The second-order valence-electron chi connectivity index (χ2n) is 7.53. The summed E-state index contributed by atoms with van der Waals surface area (Å²) in [4.78, 5) is 23.6. The Kier molecular flexibility index (Phi) is 5.31. The van der Waals surface area contributed by atoms with Crippen LogP contribution in [0.4, 0.5) is 5.69 Å². The summed E-state index contributed by atoms with van der Waals surface area (Å²) in [5, 5.41) is 3.99. The third-order valence-electron chi connectivity index (χ3n) is 5.25. The number of thiophene rings is 1. The molecule has 0 aliphatic heterocycles. The van der Waals surface area contributed by atoms with E-state index in [0.717, 1.165) is 39.9 Å². The molecule has 1 amide bonds. The topological polar surface area (TPSA) is 64.1 Å². The highest BCUT2D eigenvalue weighted by molar-refractivity contribution is 7.18. The first-order valence-electron chi connectivity index (χ1n) is 9.78. The number of hydrogen-bond donors (Lipinski definition) is 1. The van der Waals surface area contributed by atoms with Gasteiger partial charge in [-0.3, -0.25) is 4.79 Å². The van der Waals surface area contributed by atoms with Gasteiger partial charge < -0.3 is 10.1 Å². The van der Waals surface area contributed by atoms with E-state index in [1.807, 2.05) is 13.8 Å². The molecule has 0 bridgehead atoms. The Labute approximate surface area is 169 Å². The number of nitrogens with zero attached hydrogens (tertiary/aromatic N) is 2. The maximum Gasteiger partial charge on any atom is 0.262 e. The number of aryl methyl sites for hydroxylation is 5. The van der Waals surface area contributed by atoms with E-state index in [9.17, 15) is 4.79 Å². The number of carbonyl (C=O) groups is 1. The highest BCUT2D eigenvalue weighted by Gasteiger charge is 2.20. The van der Waals surface area contributed by atoms with E-state index in [1.54, 1.807) is 11.3 Å². The van der Waals surface area contributed by atoms with Gasteiger partial charge in [0.15, 0.2) is 6.61 Å². The van der Waals surface area contributed by atoms with Crippen molar-refractivity contribution in [2.24, 2.45) is 0 Å². The van der Waals surface area contributed by atoms with Gasteiger partial charge in [-0.1, -0.05) is 24.1 Å². The van der Waals surface area contributed by atoms with Crippen molar-refractivity contribution in [1.82, 2.24) is 9.97 Å². The van der Waals surface area contributed by atoms with Crippen molar-refractivity contribution in [2.45, 2.75) is 52.9 Å². The zero-order chi connectivity index (χ0) is 19.7. The maximum absolute atomic E-state index is 12.5. The predicted molar refractivity (Wildman–Crippen MR) is 113 cm³/mol. The van der Waals surface area contributed by atoms with E-state index in [-0.39, 0.29) is 12.5 Å². The van der Waals surface area contributed by atoms with Crippen LogP contribution in [0.2, 0.25) is 0 Å². The van der Waals surface area contributed by atoms with Gasteiger partial charge >= 0.3 is 0 Å². The molecular formula is C22H25N3O2S. The number of fused-ring (bicyclic) bond motifs is 3. The molecule has 0 saturated carbocycles. The molecule has 2 aromatic heterocycles. The Morgan fingerprint density at radius 2 is 1.86 bits per heavy atom. The van der Waals surface area contributed by atoms with E-state index < -0.39 is 0 Å². The van der Waals surface area contributed by atoms with Crippen molar-refractivity contribution >= 4 is 33.1 Å². The summed E-state index contributed by atoms with van der Waals surface area (Å²) >= 11 is 1.74. The third kappa shape index (κ3) is 3.74. The molecule has 1 N–H and O–H groups in total. The summed E-state index contributed by atoms with van der Waals surface area (Å²) in [7, 11) is 0. The fourth-order valence-corrected chi connectivity index (χ4v) is 5.25. The average molecular weight is 396 g/mol. The summed E-state index contributed by atoms with van der Waals surface area (Å²) in [5.41, 5.74) is 5.47. The predicted octanol–water partition coefficient (Wildman–Crippen LogP) is 4.90. The van der Waals surface area contributed by atoms with Gasteiger partial charge in [0.1, 0.15) is 11.2 Å². The molecule has 1 aliphatic rings. The van der Waals surface area contributed by atoms with Crippen LogP contribution in [0.1, 0.15) is 46.4 Å². The molecule has 0 radical (unpaired) electrons. The summed E-state index contributed by atoms with van der Waals surface area (Å²) in [6.45, 7) is 6.00. The molecule has 2 heterocycles. The Bertz CT molecular complexity index is 1020. The van der Waals surface area contributed by atoms with E-state index in [0.29, 0.717) is 5.88 Å². The molecule has 146 valence electrons. The number of amides is 1. The molecule has 6 heteroatoms. The lowest BCUT2D eigenvalue weighted by atomic mass is 10.1. The molecule has 0 atom stereocenters. The fourth-order valence-electron chi connectivity index (χ4n) is 4.03. The van der Waals surface area contributed by atoms with Crippen LogP contribution in [0.25, 0.3) is 10.2 Å². The van der Waals surface area contributed by atoms with Crippen LogP contribution < -0.4 is 10.1 Å². The van der Waals surface area contributed by atoms with Gasteiger partial charge in [-0.2, -0.15) is 0 Å². The number of nitrogens with one attached hydrogen (secondary N) is 1. The van der Waals surface area contributed by atoms with Crippen molar-refractivity contribution in [3.63, 3.8) is 0 Å². The zero-order valence-electron chi connectivity index (χ0n) is 16.6. The van der Waals surface area contributed by atoms with Crippen molar-refractivity contribution in [2.75, 3.05) is 11.9 Å². The lowest BCUT2D eigenvalue weighted by Gasteiger charge is -2.13. The van der Waals surface area contributed by atoms with E-state index >= 15 is 0 Å². The summed E-state index contributed by atoms with van der Waals surface area (Å²) in [5.74, 6) is 0.347. The van der Waals surface area contributed by atoms with E-state index in [1.165, 1.54) is 41.6 Å². The molecule has 0 spiro atoms. The lowest BCUT2D eigenvalue weighted by Crippen LogP contribution is -2.21. The summed E-state index contributed by atoms with van der Waals surface area (Å²) < 4.78 is 5.87. The zero-order valence-corrected chi connectivity index (χ0v) is 17.4. The van der Waals surface area contributed by atoms with Gasteiger partial charge in [-0.25, -0.2) is 9.97 Å². The molecule has 1 aliphatic carbocycles. The minimum absolute atomic E-state index is 0.0660. The summed E-state index contributed by atoms with van der Waals surface area (Å²) in [6.07, 6.45) is 7.32. The van der Waals surface area contributed by atoms with Crippen molar-refractivity contribution in [3.8, 4) is 5.88 Å². The lowest BCUT2D eigenvalue weighted by molar-refractivity contribution is -0.118. The quantitative estimate of drug-likeness (QED) is 0.638.